The summed E-state index contributed by atoms with van der Waals surface area (Å²) in [6.45, 7) is 7.06. The zero-order valence-electron chi connectivity index (χ0n) is 26.2. The lowest BCUT2D eigenvalue weighted by Crippen LogP contribution is -2.46. The van der Waals surface area contributed by atoms with Gasteiger partial charge in [0.2, 0.25) is 0 Å². The first-order valence-electron chi connectivity index (χ1n) is 15.8. The number of aliphatic hydroxyl groups excluding tert-OH is 2. The second-order valence-corrected chi connectivity index (χ2v) is 12.1. The van der Waals surface area contributed by atoms with Crippen molar-refractivity contribution in [2.75, 3.05) is 19.7 Å². The van der Waals surface area contributed by atoms with Crippen LogP contribution in [0.15, 0.2) is 72.8 Å². The number of likely N-dealkylation sites (tertiary alicyclic amines) is 1. The molecule has 0 bridgehead atoms. The molecule has 0 saturated carbocycles. The molecule has 3 aromatic rings. The van der Waals surface area contributed by atoms with Gasteiger partial charge in [0.05, 0.1) is 25.4 Å². The smallest absolute Gasteiger partial charge is 0.303 e. The van der Waals surface area contributed by atoms with Crippen LogP contribution in [0.25, 0.3) is 11.1 Å². The van der Waals surface area contributed by atoms with Crippen molar-refractivity contribution in [2.24, 2.45) is 5.92 Å². The van der Waals surface area contributed by atoms with Crippen LogP contribution in [-0.4, -0.2) is 64.9 Å². The number of carbonyl (C=O) groups excluding carboxylic acids is 2. The summed E-state index contributed by atoms with van der Waals surface area (Å²) in [5.41, 5.74) is 5.66. The Morgan fingerprint density at radius 1 is 0.978 bits per heavy atom. The second kappa shape index (κ2) is 15.1. The monoisotopic (exact) mass is 616 g/mol. The summed E-state index contributed by atoms with van der Waals surface area (Å²) in [6, 6.07) is 24.1. The van der Waals surface area contributed by atoms with E-state index in [-0.39, 0.29) is 43.3 Å². The SMILES string of the molecule is CC(=O)O[C@@H](C)C(=O)NCc1cccc(-c2cccc([C@H]3O[C@@H](CN4CCC[C@H]4CO)[C@@H](C)[C@@H](c4ccc(CO)cc4)O3)c2)c1. The molecule has 3 aromatic carbocycles. The fraction of sp³-hybridized carbons (Fsp3) is 0.444. The fourth-order valence-corrected chi connectivity index (χ4v) is 6.26. The molecule has 5 rings (SSSR count). The van der Waals surface area contributed by atoms with Crippen LogP contribution in [-0.2, 0) is 37.0 Å². The van der Waals surface area contributed by atoms with Gasteiger partial charge in [0, 0.05) is 37.5 Å². The summed E-state index contributed by atoms with van der Waals surface area (Å²) in [5.74, 6) is -0.796. The standard InChI is InChI=1S/C36H44N2O7/c1-23-33(20-38-16-6-11-32(38)22-40)44-36(45-34(23)28-14-12-26(21-39)13-15-28)31-10-5-9-30(18-31)29-8-4-7-27(17-29)19-37-35(42)24(2)43-25(3)41/h4-5,7-10,12-15,17-18,23-24,32-34,36,39-40H,6,11,16,19-22H2,1-3H3,(H,37,42)/t23-,24+,32+,33+,34+,36+/m1/s1. The number of ether oxygens (including phenoxy) is 3. The topological polar surface area (TPSA) is 118 Å². The molecule has 9 heteroatoms. The van der Waals surface area contributed by atoms with Crippen LogP contribution in [0, 0.1) is 5.92 Å². The van der Waals surface area contributed by atoms with Gasteiger partial charge >= 0.3 is 5.97 Å². The molecule has 2 aliphatic heterocycles. The van der Waals surface area contributed by atoms with Crippen molar-refractivity contribution in [1.29, 1.82) is 0 Å². The molecule has 0 spiro atoms. The van der Waals surface area contributed by atoms with E-state index in [9.17, 15) is 19.8 Å². The molecule has 2 aliphatic rings. The quantitative estimate of drug-likeness (QED) is 0.267. The molecule has 2 heterocycles. The number of nitrogens with zero attached hydrogens (tertiary/aromatic N) is 1. The largest absolute Gasteiger partial charge is 0.453 e. The molecule has 0 aromatic heterocycles. The number of rotatable bonds is 11. The van der Waals surface area contributed by atoms with Crippen LogP contribution >= 0.6 is 0 Å². The highest BCUT2D eigenvalue weighted by Crippen LogP contribution is 2.43. The number of hydrogen-bond acceptors (Lipinski definition) is 8. The maximum Gasteiger partial charge on any atom is 0.303 e. The highest BCUT2D eigenvalue weighted by atomic mass is 16.7. The summed E-state index contributed by atoms with van der Waals surface area (Å²) in [6.07, 6.45) is 0.244. The zero-order valence-corrected chi connectivity index (χ0v) is 26.2. The lowest BCUT2D eigenvalue weighted by atomic mass is 9.89. The molecular weight excluding hydrogens is 572 g/mol. The Balaban J connectivity index is 1.36. The molecule has 9 nitrogen and oxygen atoms in total. The Kier molecular flexibility index (Phi) is 11.0. The third-order valence-corrected chi connectivity index (χ3v) is 8.85. The summed E-state index contributed by atoms with van der Waals surface area (Å²) < 4.78 is 18.4. The van der Waals surface area contributed by atoms with Gasteiger partial charge in [0.25, 0.3) is 5.91 Å². The van der Waals surface area contributed by atoms with E-state index >= 15 is 0 Å². The van der Waals surface area contributed by atoms with Crippen LogP contribution in [0.1, 0.15) is 68.3 Å². The number of amides is 1. The van der Waals surface area contributed by atoms with E-state index in [1.165, 1.54) is 6.92 Å². The van der Waals surface area contributed by atoms with Crippen LogP contribution < -0.4 is 5.32 Å². The number of benzene rings is 3. The van der Waals surface area contributed by atoms with E-state index in [2.05, 4.69) is 23.2 Å². The summed E-state index contributed by atoms with van der Waals surface area (Å²) in [7, 11) is 0. The number of aliphatic hydroxyl groups is 2. The first-order chi connectivity index (χ1) is 21.7. The lowest BCUT2D eigenvalue weighted by Gasteiger charge is -2.43. The Morgan fingerprint density at radius 3 is 2.42 bits per heavy atom. The molecule has 0 unspecified atom stereocenters. The summed E-state index contributed by atoms with van der Waals surface area (Å²) >= 11 is 0. The molecular formula is C36H44N2O7. The van der Waals surface area contributed by atoms with E-state index in [0.29, 0.717) is 13.1 Å². The average Bonchev–Trinajstić information content (AvgIpc) is 3.51. The molecule has 0 aliphatic carbocycles. The Hall–Kier alpha value is -3.60. The predicted octanol–water partition coefficient (Wildman–Crippen LogP) is 4.66. The van der Waals surface area contributed by atoms with Gasteiger partial charge in [-0.1, -0.05) is 67.6 Å². The fourth-order valence-electron chi connectivity index (χ4n) is 6.26. The van der Waals surface area contributed by atoms with Crippen LogP contribution in [0.5, 0.6) is 0 Å². The third-order valence-electron chi connectivity index (χ3n) is 8.85. The van der Waals surface area contributed by atoms with E-state index in [1.54, 1.807) is 6.92 Å². The maximum absolute atomic E-state index is 12.3. The van der Waals surface area contributed by atoms with Crippen molar-refractivity contribution in [1.82, 2.24) is 10.2 Å². The number of hydrogen-bond donors (Lipinski definition) is 3. The Labute approximate surface area is 265 Å². The predicted molar refractivity (Wildman–Crippen MR) is 170 cm³/mol. The van der Waals surface area contributed by atoms with Gasteiger partial charge < -0.3 is 29.7 Å². The van der Waals surface area contributed by atoms with Gasteiger partial charge in [-0.05, 0) is 66.3 Å². The minimum atomic E-state index is -0.860. The molecule has 0 radical (unpaired) electrons. The number of nitrogens with one attached hydrogen (secondary N) is 1. The van der Waals surface area contributed by atoms with Gasteiger partial charge in [0.1, 0.15) is 0 Å². The van der Waals surface area contributed by atoms with Gasteiger partial charge in [-0.25, -0.2) is 0 Å². The Morgan fingerprint density at radius 2 is 1.71 bits per heavy atom. The first kappa shape index (κ1) is 32.8. The van der Waals surface area contributed by atoms with Crippen molar-refractivity contribution in [3.8, 4) is 11.1 Å². The first-order valence-corrected chi connectivity index (χ1v) is 15.8. The second-order valence-electron chi connectivity index (χ2n) is 12.1. The van der Waals surface area contributed by atoms with Gasteiger partial charge in [-0.15, -0.1) is 0 Å². The van der Waals surface area contributed by atoms with Crippen molar-refractivity contribution in [3.05, 3.63) is 95.1 Å². The van der Waals surface area contributed by atoms with E-state index in [0.717, 1.165) is 52.8 Å². The minimum Gasteiger partial charge on any atom is -0.453 e. The van der Waals surface area contributed by atoms with Crippen LogP contribution in [0.4, 0.5) is 0 Å². The van der Waals surface area contributed by atoms with Gasteiger partial charge in [-0.3, -0.25) is 14.5 Å². The molecule has 2 saturated heterocycles. The summed E-state index contributed by atoms with van der Waals surface area (Å²) in [5, 5.41) is 22.3. The third kappa shape index (κ3) is 8.17. The van der Waals surface area contributed by atoms with Crippen molar-refractivity contribution >= 4 is 11.9 Å². The van der Waals surface area contributed by atoms with E-state index in [1.807, 2.05) is 66.7 Å². The summed E-state index contributed by atoms with van der Waals surface area (Å²) in [4.78, 5) is 25.9. The zero-order chi connectivity index (χ0) is 31.9. The van der Waals surface area contributed by atoms with Crippen LogP contribution in [0.3, 0.4) is 0 Å². The molecule has 1 amide bonds. The van der Waals surface area contributed by atoms with E-state index in [4.69, 9.17) is 14.2 Å². The molecule has 3 N–H and O–H groups in total. The lowest BCUT2D eigenvalue weighted by molar-refractivity contribution is -0.276. The van der Waals surface area contributed by atoms with Gasteiger partial charge in [0.15, 0.2) is 12.4 Å². The molecule has 45 heavy (non-hydrogen) atoms. The maximum atomic E-state index is 12.3. The highest BCUT2D eigenvalue weighted by molar-refractivity contribution is 5.82. The van der Waals surface area contributed by atoms with Crippen molar-refractivity contribution in [3.63, 3.8) is 0 Å². The van der Waals surface area contributed by atoms with Crippen molar-refractivity contribution < 1.29 is 34.0 Å². The normalized spacial score (nSPS) is 24.2. The average molecular weight is 617 g/mol. The molecule has 240 valence electrons. The molecule has 2 fully saturated rings. The number of carbonyl (C=O) groups is 2. The number of esters is 1. The van der Waals surface area contributed by atoms with Crippen LogP contribution in [0.2, 0.25) is 0 Å². The van der Waals surface area contributed by atoms with Gasteiger partial charge in [-0.2, -0.15) is 0 Å². The molecule has 6 atom stereocenters. The highest BCUT2D eigenvalue weighted by Gasteiger charge is 2.40. The Bertz CT molecular complexity index is 1450. The van der Waals surface area contributed by atoms with Crippen molar-refractivity contribution in [2.45, 2.75) is 77.4 Å². The minimum absolute atomic E-state index is 0.0129. The van der Waals surface area contributed by atoms with E-state index < -0.39 is 18.4 Å².